The fourth-order valence-electron chi connectivity index (χ4n) is 3.74. The topological polar surface area (TPSA) is 289 Å². The number of carboxylic acids is 3. The molecule has 7 amide bonds. The molecule has 276 valence electrons. The zero-order valence-electron chi connectivity index (χ0n) is 28.4. The average Bonchev–Trinajstić information content (AvgIpc) is 3.00. The normalized spacial score (nSPS) is 11.7. The number of nitrogens with zero attached hydrogens (tertiary/aromatic N) is 6. The summed E-state index contributed by atoms with van der Waals surface area (Å²) in [6.07, 6.45) is -1.26. The Labute approximate surface area is 282 Å². The lowest BCUT2D eigenvalue weighted by Crippen LogP contribution is -2.48. The molecule has 49 heavy (non-hydrogen) atoms. The molecule has 0 rings (SSSR count). The van der Waals surface area contributed by atoms with Crippen molar-refractivity contribution in [3.8, 4) is 0 Å². The van der Waals surface area contributed by atoms with Crippen LogP contribution in [0.1, 0.15) is 25.7 Å². The molecule has 0 aliphatic carbocycles. The van der Waals surface area contributed by atoms with E-state index < -0.39 is 111 Å². The van der Waals surface area contributed by atoms with Gasteiger partial charge in [0, 0.05) is 55.1 Å². The Bertz CT molecular complexity index is 1280. The molecule has 21 heteroatoms. The van der Waals surface area contributed by atoms with Crippen LogP contribution >= 0.6 is 0 Å². The maximum absolute atomic E-state index is 12.7. The fraction of sp³-hybridized carbons (Fsp3) is 0.643. The lowest BCUT2D eigenvalue weighted by molar-refractivity contribution is -0.146. The summed E-state index contributed by atoms with van der Waals surface area (Å²) in [4.78, 5) is 126. The van der Waals surface area contributed by atoms with Crippen LogP contribution in [0.5, 0.6) is 0 Å². The SMILES string of the molecule is CN(CC(=O)O)C(=O)CN(C)C(=O)CN(C)C(=O)CN(C)C(=O)CN(C)C(=O)CN(C)C(=O)CC[C@H](NC(=O)CC[C@H](N)C(=O)O)C(=O)O. The molecule has 6 N–H and O–H groups in total. The van der Waals surface area contributed by atoms with Gasteiger partial charge in [0.15, 0.2) is 0 Å². The molecule has 21 nitrogen and oxygen atoms in total. The second-order valence-electron chi connectivity index (χ2n) is 11.4. The first kappa shape index (κ1) is 43.7. The average molecular weight is 703 g/mol. The lowest BCUT2D eigenvalue weighted by atomic mass is 10.1. The van der Waals surface area contributed by atoms with E-state index in [4.69, 9.17) is 15.9 Å². The van der Waals surface area contributed by atoms with Gasteiger partial charge in [-0.1, -0.05) is 0 Å². The van der Waals surface area contributed by atoms with E-state index in [1.807, 2.05) is 0 Å². The van der Waals surface area contributed by atoms with Gasteiger partial charge < -0.3 is 55.8 Å². The molecule has 0 saturated carbocycles. The predicted octanol–water partition coefficient (Wildman–Crippen LogP) is -4.64. The first-order chi connectivity index (χ1) is 22.6. The highest BCUT2D eigenvalue weighted by atomic mass is 16.4. The predicted molar refractivity (Wildman–Crippen MR) is 167 cm³/mol. The van der Waals surface area contributed by atoms with E-state index in [0.29, 0.717) is 0 Å². The first-order valence-corrected chi connectivity index (χ1v) is 14.7. The minimum Gasteiger partial charge on any atom is -0.480 e. The first-order valence-electron chi connectivity index (χ1n) is 14.7. The summed E-state index contributed by atoms with van der Waals surface area (Å²) in [5, 5.41) is 29.1. The number of hydrogen-bond donors (Lipinski definition) is 5. The van der Waals surface area contributed by atoms with Crippen molar-refractivity contribution in [3.63, 3.8) is 0 Å². The van der Waals surface area contributed by atoms with Gasteiger partial charge in [0.25, 0.3) is 0 Å². The van der Waals surface area contributed by atoms with E-state index in [1.54, 1.807) is 0 Å². The number of hydrogen-bond acceptors (Lipinski definition) is 11. The second kappa shape index (κ2) is 20.8. The van der Waals surface area contributed by atoms with Crippen molar-refractivity contribution in [2.75, 3.05) is 81.6 Å². The highest BCUT2D eigenvalue weighted by Crippen LogP contribution is 2.05. The van der Waals surface area contributed by atoms with E-state index in [0.717, 1.165) is 29.4 Å². The summed E-state index contributed by atoms with van der Waals surface area (Å²) in [5.41, 5.74) is 5.32. The standard InChI is InChI=1S/C28H46N8O13/c1-31(20(38)10-8-18(28(48)49)30-19(37)9-7-17(29)27(46)47)11-21(39)32(2)12-22(40)33(3)13-23(41)34(4)14-24(42)35(5)15-25(43)36(6)16-26(44)45/h17-18H,7-16,29H2,1-6H3,(H,30,37)(H,44,45)(H,46,47)(H,48,49)/t17-,18-/m0/s1. The van der Waals surface area contributed by atoms with Gasteiger partial charge in [0.05, 0.1) is 32.7 Å². The number of aliphatic carboxylic acids is 3. The molecule has 0 heterocycles. The summed E-state index contributed by atoms with van der Waals surface area (Å²) in [7, 11) is 7.74. The van der Waals surface area contributed by atoms with Crippen molar-refractivity contribution in [3.05, 3.63) is 0 Å². The second-order valence-corrected chi connectivity index (χ2v) is 11.4. The van der Waals surface area contributed by atoms with Gasteiger partial charge in [-0.05, 0) is 12.8 Å². The zero-order chi connectivity index (χ0) is 38.2. The Morgan fingerprint density at radius 3 is 1.12 bits per heavy atom. The number of nitrogens with one attached hydrogen (secondary N) is 1. The van der Waals surface area contributed by atoms with Crippen molar-refractivity contribution >= 4 is 59.3 Å². The van der Waals surface area contributed by atoms with Gasteiger partial charge in [-0.2, -0.15) is 0 Å². The van der Waals surface area contributed by atoms with Crippen LogP contribution in [0.2, 0.25) is 0 Å². The maximum atomic E-state index is 12.7. The molecule has 0 aromatic rings. The number of carbonyl (C=O) groups excluding carboxylic acids is 7. The summed E-state index contributed by atoms with van der Waals surface area (Å²) in [6.45, 7) is -2.81. The molecule has 0 aliphatic rings. The number of carboxylic acid groups (broad SMARTS) is 3. The third-order valence-electron chi connectivity index (χ3n) is 7.07. The Morgan fingerprint density at radius 1 is 0.490 bits per heavy atom. The van der Waals surface area contributed by atoms with Gasteiger partial charge in [-0.3, -0.25) is 43.2 Å². The Morgan fingerprint density at radius 2 is 0.816 bits per heavy atom. The Balaban J connectivity index is 4.83. The van der Waals surface area contributed by atoms with Crippen molar-refractivity contribution in [1.82, 2.24) is 34.7 Å². The third-order valence-corrected chi connectivity index (χ3v) is 7.07. The summed E-state index contributed by atoms with van der Waals surface area (Å²) in [5.74, 6) is -8.55. The van der Waals surface area contributed by atoms with E-state index in [-0.39, 0.29) is 25.7 Å². The molecule has 0 saturated heterocycles. The number of amides is 7. The summed E-state index contributed by atoms with van der Waals surface area (Å²) in [6, 6.07) is -2.76. The molecule has 0 fully saturated rings. The highest BCUT2D eigenvalue weighted by Gasteiger charge is 2.26. The lowest BCUT2D eigenvalue weighted by Gasteiger charge is -2.26. The van der Waals surface area contributed by atoms with Gasteiger partial charge >= 0.3 is 17.9 Å². The van der Waals surface area contributed by atoms with E-state index >= 15 is 0 Å². The smallest absolute Gasteiger partial charge is 0.326 e. The van der Waals surface area contributed by atoms with Crippen molar-refractivity contribution in [2.45, 2.75) is 37.8 Å². The maximum Gasteiger partial charge on any atom is 0.326 e. The fourth-order valence-corrected chi connectivity index (χ4v) is 3.74. The highest BCUT2D eigenvalue weighted by molar-refractivity contribution is 5.92. The van der Waals surface area contributed by atoms with Crippen LogP contribution in [-0.4, -0.2) is 198 Å². The van der Waals surface area contributed by atoms with E-state index in [2.05, 4.69) is 5.32 Å². The van der Waals surface area contributed by atoms with Crippen LogP contribution in [-0.2, 0) is 47.9 Å². The molecule has 0 bridgehead atoms. The van der Waals surface area contributed by atoms with Crippen LogP contribution in [0, 0.1) is 0 Å². The minimum atomic E-state index is -1.46. The number of nitrogens with two attached hydrogens (primary N) is 1. The van der Waals surface area contributed by atoms with E-state index in [9.17, 15) is 53.1 Å². The molecule has 0 spiro atoms. The molecule has 0 radical (unpaired) electrons. The monoisotopic (exact) mass is 702 g/mol. The number of carbonyl (C=O) groups is 10. The van der Waals surface area contributed by atoms with Crippen LogP contribution in [0.4, 0.5) is 0 Å². The minimum absolute atomic E-state index is 0.225. The summed E-state index contributed by atoms with van der Waals surface area (Å²) < 4.78 is 0. The van der Waals surface area contributed by atoms with Crippen molar-refractivity contribution in [2.24, 2.45) is 5.73 Å². The summed E-state index contributed by atoms with van der Waals surface area (Å²) >= 11 is 0. The molecular formula is C28H46N8O13. The molecule has 0 unspecified atom stereocenters. The van der Waals surface area contributed by atoms with Gasteiger partial charge in [0.1, 0.15) is 18.6 Å². The molecule has 0 aromatic heterocycles. The van der Waals surface area contributed by atoms with Crippen LogP contribution in [0.25, 0.3) is 0 Å². The van der Waals surface area contributed by atoms with Crippen LogP contribution in [0.3, 0.4) is 0 Å². The van der Waals surface area contributed by atoms with Gasteiger partial charge in [-0.15, -0.1) is 0 Å². The van der Waals surface area contributed by atoms with Crippen molar-refractivity contribution in [1.29, 1.82) is 0 Å². The van der Waals surface area contributed by atoms with Gasteiger partial charge in [-0.25, -0.2) is 4.79 Å². The molecule has 0 aliphatic heterocycles. The van der Waals surface area contributed by atoms with Crippen molar-refractivity contribution < 1.29 is 63.3 Å². The Hall–Kier alpha value is -5.34. The zero-order valence-corrected chi connectivity index (χ0v) is 28.4. The van der Waals surface area contributed by atoms with E-state index in [1.165, 1.54) is 42.3 Å². The molecular weight excluding hydrogens is 656 g/mol. The van der Waals surface area contributed by atoms with Crippen LogP contribution in [0.15, 0.2) is 0 Å². The van der Waals surface area contributed by atoms with Crippen LogP contribution < -0.4 is 11.1 Å². The third kappa shape index (κ3) is 16.9. The Kier molecular flexibility index (Phi) is 18.5. The largest absolute Gasteiger partial charge is 0.480 e. The molecule has 2 atom stereocenters. The number of likely N-dealkylation sites (N-methyl/N-ethyl adjacent to an activating group) is 6. The quantitative estimate of drug-likeness (QED) is 0.0752. The number of rotatable bonds is 21. The van der Waals surface area contributed by atoms with Gasteiger partial charge in [0.2, 0.25) is 41.4 Å². The molecule has 0 aromatic carbocycles.